The number of carbonyl (C=O) groups is 3. The van der Waals surface area contributed by atoms with Crippen LogP contribution in [0.1, 0.15) is 76.3 Å². The van der Waals surface area contributed by atoms with Gasteiger partial charge in [-0.1, -0.05) is 72.9 Å². The second kappa shape index (κ2) is 14.3. The number of rotatable bonds is 11. The van der Waals surface area contributed by atoms with Gasteiger partial charge in [0.25, 0.3) is 5.91 Å². The molecule has 2 amide bonds. The van der Waals surface area contributed by atoms with E-state index in [0.717, 1.165) is 51.9 Å². The van der Waals surface area contributed by atoms with Gasteiger partial charge in [0.15, 0.2) is 0 Å². The summed E-state index contributed by atoms with van der Waals surface area (Å²) >= 11 is 12.8. The Hall–Kier alpha value is -4.20. The van der Waals surface area contributed by atoms with Gasteiger partial charge in [-0.3, -0.25) is 19.4 Å². The van der Waals surface area contributed by atoms with Crippen LogP contribution in [-0.2, 0) is 22.7 Å². The molecule has 0 saturated heterocycles. The Balaban J connectivity index is 1.42. The van der Waals surface area contributed by atoms with Crippen molar-refractivity contribution in [3.8, 4) is 11.1 Å². The van der Waals surface area contributed by atoms with E-state index in [4.69, 9.17) is 28.3 Å². The molecule has 2 N–H and O–H groups in total. The van der Waals surface area contributed by atoms with Gasteiger partial charge in [0.2, 0.25) is 5.91 Å². The Kier molecular flexibility index (Phi) is 10.2. The highest BCUT2D eigenvalue weighted by Gasteiger charge is 2.36. The molecule has 0 bridgehead atoms. The van der Waals surface area contributed by atoms with Crippen molar-refractivity contribution in [2.45, 2.75) is 58.0 Å². The molecule has 7 nitrogen and oxygen atoms in total. The van der Waals surface area contributed by atoms with Crippen LogP contribution in [0.3, 0.4) is 0 Å². The Morgan fingerprint density at radius 1 is 0.933 bits per heavy atom. The summed E-state index contributed by atoms with van der Waals surface area (Å²) in [6.45, 7) is 5.04. The first kappa shape index (κ1) is 32.2. The summed E-state index contributed by atoms with van der Waals surface area (Å²) in [5.74, 6) is -1.90. The summed E-state index contributed by atoms with van der Waals surface area (Å²) < 4.78 is 0. The van der Waals surface area contributed by atoms with Crippen LogP contribution in [-0.4, -0.2) is 39.3 Å². The molecule has 2 heterocycles. The van der Waals surface area contributed by atoms with Crippen LogP contribution in [0.4, 0.5) is 0 Å². The van der Waals surface area contributed by atoms with E-state index in [1.807, 2.05) is 60.4 Å². The molecule has 2 atom stereocenters. The largest absolute Gasteiger partial charge is 0.481 e. The van der Waals surface area contributed by atoms with E-state index < -0.39 is 11.9 Å². The summed E-state index contributed by atoms with van der Waals surface area (Å²) in [7, 11) is 0. The van der Waals surface area contributed by atoms with Gasteiger partial charge in [0.05, 0.1) is 17.4 Å². The minimum atomic E-state index is -0.972. The number of aromatic nitrogens is 1. The lowest BCUT2D eigenvalue weighted by atomic mass is 9.77. The highest BCUT2D eigenvalue weighted by Crippen LogP contribution is 2.41. The van der Waals surface area contributed by atoms with Gasteiger partial charge in [0.1, 0.15) is 0 Å². The lowest BCUT2D eigenvalue weighted by Crippen LogP contribution is -2.34. The van der Waals surface area contributed by atoms with Crippen molar-refractivity contribution in [2.75, 3.05) is 6.54 Å². The predicted molar refractivity (Wildman–Crippen MR) is 177 cm³/mol. The lowest BCUT2D eigenvalue weighted by Gasteiger charge is -2.31. The molecule has 0 spiro atoms. The molecule has 5 rings (SSSR count). The van der Waals surface area contributed by atoms with E-state index in [-0.39, 0.29) is 30.7 Å². The van der Waals surface area contributed by atoms with Crippen LogP contribution >= 0.6 is 23.2 Å². The molecule has 9 heteroatoms. The summed E-state index contributed by atoms with van der Waals surface area (Å²) in [5, 5.41) is 12.7. The number of carboxylic acids is 1. The van der Waals surface area contributed by atoms with Crippen LogP contribution in [0.5, 0.6) is 0 Å². The third-order valence-corrected chi connectivity index (χ3v) is 8.83. The van der Waals surface area contributed by atoms with Gasteiger partial charge in [-0.05, 0) is 83.5 Å². The van der Waals surface area contributed by atoms with Crippen molar-refractivity contribution >= 4 is 41.0 Å². The standard InChI is InChI=1S/C36H35Cl2N3O4/c1-3-4-30(23-5-7-25(8-6-23)35(44)39-16-15-33(42)43)34(24-11-13-29(37)14-12-24)36(45)41-20-27-10-9-26(18-28(27)21-41)31-19-40-22(2)17-32(31)38/h5-14,17-19,30,34H,3-4,15-16,20-21H2,1-2H3,(H,39,44)(H,42,43). The molecule has 232 valence electrons. The monoisotopic (exact) mass is 643 g/mol. The van der Waals surface area contributed by atoms with Crippen molar-refractivity contribution in [3.63, 3.8) is 0 Å². The predicted octanol–water partition coefficient (Wildman–Crippen LogP) is 7.78. The fourth-order valence-electron chi connectivity index (χ4n) is 5.97. The number of benzene rings is 3. The molecule has 0 radical (unpaired) electrons. The smallest absolute Gasteiger partial charge is 0.305 e. The zero-order valence-corrected chi connectivity index (χ0v) is 26.7. The fraction of sp³-hybridized carbons (Fsp3) is 0.278. The highest BCUT2D eigenvalue weighted by atomic mass is 35.5. The molecule has 1 aromatic heterocycles. The summed E-state index contributed by atoms with van der Waals surface area (Å²) in [5.41, 5.74) is 7.12. The summed E-state index contributed by atoms with van der Waals surface area (Å²) in [4.78, 5) is 44.2. The van der Waals surface area contributed by atoms with Gasteiger partial charge in [-0.15, -0.1) is 0 Å². The van der Waals surface area contributed by atoms with E-state index in [1.165, 1.54) is 0 Å². The summed E-state index contributed by atoms with van der Waals surface area (Å²) in [6.07, 6.45) is 3.25. The number of aliphatic carboxylic acids is 1. The van der Waals surface area contributed by atoms with Crippen molar-refractivity contribution in [2.24, 2.45) is 0 Å². The molecule has 0 fully saturated rings. The quantitative estimate of drug-likeness (QED) is 0.174. The van der Waals surface area contributed by atoms with Crippen LogP contribution < -0.4 is 5.32 Å². The van der Waals surface area contributed by atoms with E-state index in [2.05, 4.69) is 29.4 Å². The van der Waals surface area contributed by atoms with Crippen molar-refractivity contribution in [3.05, 3.63) is 123 Å². The Morgan fingerprint density at radius 3 is 2.29 bits per heavy atom. The number of halogens is 2. The Bertz CT molecular complexity index is 1710. The van der Waals surface area contributed by atoms with Crippen molar-refractivity contribution in [1.29, 1.82) is 0 Å². The minimum absolute atomic E-state index is 0.0269. The average molecular weight is 645 g/mol. The van der Waals surface area contributed by atoms with E-state index in [1.54, 1.807) is 18.3 Å². The van der Waals surface area contributed by atoms with Crippen LogP contribution in [0.25, 0.3) is 11.1 Å². The van der Waals surface area contributed by atoms with Crippen LogP contribution in [0.15, 0.2) is 79.0 Å². The maximum atomic E-state index is 14.5. The SMILES string of the molecule is CCCC(c1ccc(C(=O)NCCC(=O)O)cc1)C(C(=O)N1Cc2ccc(-c3cnc(C)cc3Cl)cc2C1)c1ccc(Cl)cc1. The van der Waals surface area contributed by atoms with E-state index in [9.17, 15) is 14.4 Å². The number of hydrogen-bond donors (Lipinski definition) is 2. The Morgan fingerprint density at radius 2 is 1.62 bits per heavy atom. The summed E-state index contributed by atoms with van der Waals surface area (Å²) in [6, 6.07) is 22.8. The van der Waals surface area contributed by atoms with E-state index >= 15 is 0 Å². The molecule has 0 aliphatic carbocycles. The van der Waals surface area contributed by atoms with Gasteiger partial charge < -0.3 is 15.3 Å². The lowest BCUT2D eigenvalue weighted by molar-refractivity contribution is -0.137. The number of aryl methyl sites for hydroxylation is 1. The number of hydrogen-bond acceptors (Lipinski definition) is 4. The Labute approximate surface area is 273 Å². The number of amides is 2. The number of carbonyl (C=O) groups excluding carboxylic acids is 2. The molecular formula is C36H35Cl2N3O4. The van der Waals surface area contributed by atoms with Gasteiger partial charge >= 0.3 is 5.97 Å². The number of nitrogens with one attached hydrogen (secondary N) is 1. The average Bonchev–Trinajstić information content (AvgIpc) is 3.45. The molecular weight excluding hydrogens is 609 g/mol. The third kappa shape index (κ3) is 7.55. The number of carboxylic acid groups (broad SMARTS) is 1. The van der Waals surface area contributed by atoms with Crippen LogP contribution in [0.2, 0.25) is 10.0 Å². The maximum absolute atomic E-state index is 14.5. The van der Waals surface area contributed by atoms with Gasteiger partial charge in [-0.25, -0.2) is 0 Å². The molecule has 2 unspecified atom stereocenters. The number of fused-ring (bicyclic) bond motifs is 1. The first-order chi connectivity index (χ1) is 21.6. The molecule has 45 heavy (non-hydrogen) atoms. The number of nitrogens with zero attached hydrogens (tertiary/aromatic N) is 2. The van der Waals surface area contributed by atoms with Gasteiger partial charge in [-0.2, -0.15) is 0 Å². The van der Waals surface area contributed by atoms with Crippen LogP contribution in [0, 0.1) is 6.92 Å². The second-order valence-corrected chi connectivity index (χ2v) is 12.3. The molecule has 0 saturated carbocycles. The second-order valence-electron chi connectivity index (χ2n) is 11.4. The minimum Gasteiger partial charge on any atom is -0.481 e. The molecule has 3 aromatic carbocycles. The molecule has 1 aliphatic rings. The first-order valence-electron chi connectivity index (χ1n) is 15.0. The molecule has 4 aromatic rings. The maximum Gasteiger partial charge on any atom is 0.305 e. The third-order valence-electron chi connectivity index (χ3n) is 8.26. The highest BCUT2D eigenvalue weighted by molar-refractivity contribution is 6.33. The van der Waals surface area contributed by atoms with E-state index in [0.29, 0.717) is 28.7 Å². The zero-order valence-electron chi connectivity index (χ0n) is 25.2. The molecule has 1 aliphatic heterocycles. The fourth-order valence-corrected chi connectivity index (χ4v) is 6.42. The zero-order chi connectivity index (χ0) is 32.1. The topological polar surface area (TPSA) is 99.6 Å². The normalized spacial score (nSPS) is 13.6. The first-order valence-corrected chi connectivity index (χ1v) is 15.8. The van der Waals surface area contributed by atoms with Crippen molar-refractivity contribution in [1.82, 2.24) is 15.2 Å². The van der Waals surface area contributed by atoms with Crippen molar-refractivity contribution < 1.29 is 19.5 Å². The number of pyridine rings is 1. The van der Waals surface area contributed by atoms with Gasteiger partial charge in [0, 0.05) is 47.7 Å².